The minimum Gasteiger partial charge on any atom is -0.341 e. The maximum atomic E-state index is 12.4. The van der Waals surface area contributed by atoms with E-state index in [1.54, 1.807) is 7.05 Å². The number of hydrogen-bond donors (Lipinski definition) is 1. The molecule has 1 aliphatic heterocycles. The summed E-state index contributed by atoms with van der Waals surface area (Å²) < 4.78 is 37.2. The maximum absolute atomic E-state index is 12.4. The summed E-state index contributed by atoms with van der Waals surface area (Å²) >= 11 is 0. The molecule has 0 aromatic carbocycles. The first-order valence-corrected chi connectivity index (χ1v) is 4.94. The highest BCUT2D eigenvalue weighted by Crippen LogP contribution is 2.32. The third kappa shape index (κ3) is 4.17. The zero-order valence-corrected chi connectivity index (χ0v) is 9.83. The molecule has 0 aliphatic carbocycles. The van der Waals surface area contributed by atoms with Gasteiger partial charge in [0.05, 0.1) is 12.5 Å². The van der Waals surface area contributed by atoms with E-state index in [-0.39, 0.29) is 37.8 Å². The molecule has 1 N–H and O–H groups in total. The zero-order chi connectivity index (χ0) is 11.5. The number of rotatable bonds is 2. The minimum atomic E-state index is -4.18. The molecule has 0 spiro atoms. The van der Waals surface area contributed by atoms with Crippen LogP contribution in [-0.2, 0) is 4.79 Å². The highest BCUT2D eigenvalue weighted by Gasteiger charge is 2.42. The van der Waals surface area contributed by atoms with Crippen LogP contribution in [-0.4, -0.2) is 43.7 Å². The minimum absolute atomic E-state index is 0. The second-order valence-corrected chi connectivity index (χ2v) is 3.75. The summed E-state index contributed by atoms with van der Waals surface area (Å²) in [6.07, 6.45) is -3.62. The molecule has 16 heavy (non-hydrogen) atoms. The van der Waals surface area contributed by atoms with Gasteiger partial charge in [0, 0.05) is 13.1 Å². The van der Waals surface area contributed by atoms with Crippen LogP contribution in [0.3, 0.4) is 0 Å². The van der Waals surface area contributed by atoms with E-state index in [2.05, 4.69) is 5.32 Å². The van der Waals surface area contributed by atoms with Crippen LogP contribution < -0.4 is 5.32 Å². The van der Waals surface area contributed by atoms with E-state index in [0.29, 0.717) is 13.0 Å². The topological polar surface area (TPSA) is 32.3 Å². The van der Waals surface area contributed by atoms with Gasteiger partial charge in [-0.05, 0) is 19.9 Å². The molecule has 1 heterocycles. The van der Waals surface area contributed by atoms with E-state index < -0.39 is 12.1 Å². The molecule has 0 aromatic heterocycles. The highest BCUT2D eigenvalue weighted by molar-refractivity contribution is 5.85. The number of halogens is 4. The van der Waals surface area contributed by atoms with Crippen molar-refractivity contribution in [3.8, 4) is 0 Å². The molecule has 1 saturated heterocycles. The number of likely N-dealkylation sites (tertiary alicyclic amines) is 1. The summed E-state index contributed by atoms with van der Waals surface area (Å²) in [7, 11) is 1.60. The smallest absolute Gasteiger partial charge is 0.341 e. The van der Waals surface area contributed by atoms with Gasteiger partial charge in [-0.1, -0.05) is 0 Å². The van der Waals surface area contributed by atoms with Crippen molar-refractivity contribution in [2.75, 3.05) is 26.7 Å². The summed E-state index contributed by atoms with van der Waals surface area (Å²) in [6, 6.07) is 0. The number of alkyl halides is 3. The van der Waals surface area contributed by atoms with Gasteiger partial charge in [-0.25, -0.2) is 0 Å². The molecule has 1 fully saturated rings. The van der Waals surface area contributed by atoms with Crippen molar-refractivity contribution in [1.29, 1.82) is 0 Å². The monoisotopic (exact) mass is 260 g/mol. The molecule has 0 saturated carbocycles. The van der Waals surface area contributed by atoms with Crippen LogP contribution in [0.4, 0.5) is 13.2 Å². The van der Waals surface area contributed by atoms with Crippen LogP contribution >= 0.6 is 12.4 Å². The van der Waals surface area contributed by atoms with E-state index in [4.69, 9.17) is 0 Å². The lowest BCUT2D eigenvalue weighted by atomic mass is 9.97. The Kier molecular flexibility index (Phi) is 6.10. The fourth-order valence-corrected chi connectivity index (χ4v) is 1.73. The van der Waals surface area contributed by atoms with E-state index in [1.807, 2.05) is 0 Å². The van der Waals surface area contributed by atoms with E-state index in [0.717, 1.165) is 0 Å². The van der Waals surface area contributed by atoms with Gasteiger partial charge < -0.3 is 10.2 Å². The third-order valence-electron chi connectivity index (χ3n) is 2.57. The predicted molar refractivity (Wildman–Crippen MR) is 56.5 cm³/mol. The number of carbonyl (C=O) groups is 1. The zero-order valence-electron chi connectivity index (χ0n) is 9.01. The highest BCUT2D eigenvalue weighted by atomic mass is 35.5. The maximum Gasteiger partial charge on any atom is 0.393 e. The fraction of sp³-hybridized carbons (Fsp3) is 0.889. The van der Waals surface area contributed by atoms with Crippen LogP contribution in [0.2, 0.25) is 0 Å². The summed E-state index contributed by atoms with van der Waals surface area (Å²) in [4.78, 5) is 12.7. The molecule has 0 aromatic rings. The van der Waals surface area contributed by atoms with E-state index >= 15 is 0 Å². The third-order valence-corrected chi connectivity index (χ3v) is 2.57. The average Bonchev–Trinajstić information content (AvgIpc) is 2.17. The largest absolute Gasteiger partial charge is 0.393 e. The molecular weight excluding hydrogens is 245 g/mol. The van der Waals surface area contributed by atoms with Crippen molar-refractivity contribution in [2.45, 2.75) is 19.0 Å². The molecule has 1 amide bonds. The standard InChI is InChI=1S/C9H15F3N2O.ClH/c1-13-5-8(15)14-4-2-3-7(6-14)9(10,11)12;/h7,13H,2-6H2,1H3;1H. The number of nitrogens with one attached hydrogen (secondary N) is 1. The van der Waals surface area contributed by atoms with Crippen molar-refractivity contribution in [3.63, 3.8) is 0 Å². The van der Waals surface area contributed by atoms with Crippen molar-refractivity contribution >= 4 is 18.3 Å². The van der Waals surface area contributed by atoms with Gasteiger partial charge in [0.2, 0.25) is 5.91 Å². The molecular formula is C9H16ClF3N2O. The second kappa shape index (κ2) is 6.30. The van der Waals surface area contributed by atoms with Crippen molar-refractivity contribution in [2.24, 2.45) is 5.92 Å². The first-order valence-electron chi connectivity index (χ1n) is 4.94. The van der Waals surface area contributed by atoms with E-state index in [1.165, 1.54) is 4.90 Å². The molecule has 1 rings (SSSR count). The van der Waals surface area contributed by atoms with Crippen LogP contribution in [0.5, 0.6) is 0 Å². The number of carbonyl (C=O) groups excluding carboxylic acids is 1. The van der Waals surface area contributed by atoms with Gasteiger partial charge in [0.15, 0.2) is 0 Å². The molecule has 0 bridgehead atoms. The van der Waals surface area contributed by atoms with Crippen molar-refractivity contribution in [1.82, 2.24) is 10.2 Å². The van der Waals surface area contributed by atoms with Gasteiger partial charge in [-0.2, -0.15) is 13.2 Å². The van der Waals surface area contributed by atoms with Crippen LogP contribution in [0, 0.1) is 5.92 Å². The van der Waals surface area contributed by atoms with Gasteiger partial charge in [0.25, 0.3) is 0 Å². The lowest BCUT2D eigenvalue weighted by Gasteiger charge is -2.33. The Bertz CT molecular complexity index is 235. The quantitative estimate of drug-likeness (QED) is 0.815. The second-order valence-electron chi connectivity index (χ2n) is 3.75. The Hall–Kier alpha value is -0.490. The van der Waals surface area contributed by atoms with Crippen LogP contribution in [0.15, 0.2) is 0 Å². The normalized spacial score (nSPS) is 21.5. The first-order chi connectivity index (χ1) is 6.95. The molecule has 7 heteroatoms. The molecule has 1 atom stereocenters. The molecule has 3 nitrogen and oxygen atoms in total. The van der Waals surface area contributed by atoms with Gasteiger partial charge in [-0.3, -0.25) is 4.79 Å². The Balaban J connectivity index is 0.00000225. The van der Waals surface area contributed by atoms with Crippen molar-refractivity contribution in [3.05, 3.63) is 0 Å². The van der Waals surface area contributed by atoms with Gasteiger partial charge >= 0.3 is 6.18 Å². The Morgan fingerprint density at radius 1 is 1.50 bits per heavy atom. The van der Waals surface area contributed by atoms with Crippen LogP contribution in [0.1, 0.15) is 12.8 Å². The number of piperidine rings is 1. The molecule has 0 radical (unpaired) electrons. The average molecular weight is 261 g/mol. The lowest BCUT2D eigenvalue weighted by Crippen LogP contribution is -2.47. The summed E-state index contributed by atoms with van der Waals surface area (Å²) in [6.45, 7) is 0.349. The Labute approximate surface area is 98.8 Å². The molecule has 1 unspecified atom stereocenters. The summed E-state index contributed by atoms with van der Waals surface area (Å²) in [5.74, 6) is -1.61. The Morgan fingerprint density at radius 3 is 2.62 bits per heavy atom. The predicted octanol–water partition coefficient (Wildman–Crippen LogP) is 1.43. The number of amides is 1. The lowest BCUT2D eigenvalue weighted by molar-refractivity contribution is -0.187. The SMILES string of the molecule is CNCC(=O)N1CCCC(C(F)(F)F)C1.Cl. The van der Waals surface area contributed by atoms with Crippen molar-refractivity contribution < 1.29 is 18.0 Å². The number of nitrogens with zero attached hydrogens (tertiary/aromatic N) is 1. The summed E-state index contributed by atoms with van der Waals surface area (Å²) in [5, 5.41) is 2.65. The van der Waals surface area contributed by atoms with E-state index in [9.17, 15) is 18.0 Å². The molecule has 96 valence electrons. The fourth-order valence-electron chi connectivity index (χ4n) is 1.73. The molecule has 1 aliphatic rings. The Morgan fingerprint density at radius 2 is 2.12 bits per heavy atom. The van der Waals surface area contributed by atoms with Crippen LogP contribution in [0.25, 0.3) is 0 Å². The number of hydrogen-bond acceptors (Lipinski definition) is 2. The first kappa shape index (κ1) is 15.5. The number of likely N-dealkylation sites (N-methyl/N-ethyl adjacent to an activating group) is 1. The van der Waals surface area contributed by atoms with Gasteiger partial charge in [0.1, 0.15) is 0 Å². The van der Waals surface area contributed by atoms with Gasteiger partial charge in [-0.15, -0.1) is 12.4 Å². The summed E-state index contributed by atoms with van der Waals surface area (Å²) in [5.41, 5.74) is 0.